The fourth-order valence-electron chi connectivity index (χ4n) is 3.04. The summed E-state index contributed by atoms with van der Waals surface area (Å²) in [4.78, 5) is 11.5. The number of oxazole rings is 1. The van der Waals surface area contributed by atoms with Crippen molar-refractivity contribution in [3.05, 3.63) is 17.8 Å². The van der Waals surface area contributed by atoms with Gasteiger partial charge in [-0.1, -0.05) is 27.7 Å². The smallest absolute Gasteiger partial charge is 0.216 e. The highest BCUT2D eigenvalue weighted by molar-refractivity contribution is 5.79. The standard InChI is InChI=1S/C19H35N5O/c1-6-20-18(21-9-11-24-10-7-8-15(2)14-24)23-13-17-22-12-16(25-17)19(3,4)5/h12,15H,6-11,13-14H2,1-5H3,(H2,20,21,23). The lowest BCUT2D eigenvalue weighted by molar-refractivity contribution is 0.187. The summed E-state index contributed by atoms with van der Waals surface area (Å²) >= 11 is 0. The molecule has 1 saturated heterocycles. The van der Waals surface area contributed by atoms with Gasteiger partial charge in [-0.3, -0.25) is 0 Å². The highest BCUT2D eigenvalue weighted by Gasteiger charge is 2.19. The summed E-state index contributed by atoms with van der Waals surface area (Å²) in [6.07, 6.45) is 4.49. The molecule has 1 fully saturated rings. The van der Waals surface area contributed by atoms with E-state index in [1.807, 2.05) is 6.20 Å². The van der Waals surface area contributed by atoms with Crippen molar-refractivity contribution in [2.24, 2.45) is 10.9 Å². The molecule has 0 aromatic carbocycles. The summed E-state index contributed by atoms with van der Waals surface area (Å²) in [7, 11) is 0. The first kappa shape index (κ1) is 19.8. The summed E-state index contributed by atoms with van der Waals surface area (Å²) < 4.78 is 5.81. The van der Waals surface area contributed by atoms with Crippen LogP contribution in [0.5, 0.6) is 0 Å². The van der Waals surface area contributed by atoms with Crippen molar-refractivity contribution in [1.82, 2.24) is 20.5 Å². The lowest BCUT2D eigenvalue weighted by Gasteiger charge is -2.30. The Morgan fingerprint density at radius 3 is 2.84 bits per heavy atom. The molecule has 0 aliphatic carbocycles. The number of piperidine rings is 1. The van der Waals surface area contributed by atoms with Crippen LogP contribution in [0.15, 0.2) is 15.6 Å². The molecular weight excluding hydrogens is 314 g/mol. The molecule has 0 radical (unpaired) electrons. The Hall–Kier alpha value is -1.56. The molecule has 2 N–H and O–H groups in total. The van der Waals surface area contributed by atoms with E-state index < -0.39 is 0 Å². The van der Waals surface area contributed by atoms with E-state index in [4.69, 9.17) is 4.42 Å². The average molecular weight is 350 g/mol. The molecule has 6 heteroatoms. The Kier molecular flexibility index (Phi) is 7.29. The Bertz CT molecular complexity index is 546. The molecule has 2 rings (SSSR count). The second-order valence-electron chi connectivity index (χ2n) is 8.04. The van der Waals surface area contributed by atoms with Crippen molar-refractivity contribution in [3.63, 3.8) is 0 Å². The monoisotopic (exact) mass is 349 g/mol. The minimum absolute atomic E-state index is 0.0245. The Balaban J connectivity index is 1.82. The maximum Gasteiger partial charge on any atom is 0.216 e. The van der Waals surface area contributed by atoms with E-state index in [-0.39, 0.29) is 5.41 Å². The summed E-state index contributed by atoms with van der Waals surface area (Å²) in [6, 6.07) is 0. The van der Waals surface area contributed by atoms with Crippen molar-refractivity contribution < 1.29 is 4.42 Å². The molecular formula is C19H35N5O. The molecule has 142 valence electrons. The van der Waals surface area contributed by atoms with Gasteiger partial charge >= 0.3 is 0 Å². The van der Waals surface area contributed by atoms with Crippen LogP contribution in [-0.2, 0) is 12.0 Å². The van der Waals surface area contributed by atoms with Crippen LogP contribution in [0, 0.1) is 5.92 Å². The third-order valence-electron chi connectivity index (χ3n) is 4.47. The van der Waals surface area contributed by atoms with Crippen LogP contribution >= 0.6 is 0 Å². The highest BCUT2D eigenvalue weighted by Crippen LogP contribution is 2.22. The first-order valence-corrected chi connectivity index (χ1v) is 9.58. The number of rotatable bonds is 6. The number of nitrogens with zero attached hydrogens (tertiary/aromatic N) is 3. The fourth-order valence-corrected chi connectivity index (χ4v) is 3.04. The summed E-state index contributed by atoms with van der Waals surface area (Å²) in [5.41, 5.74) is -0.0245. The molecule has 1 aliphatic rings. The fraction of sp³-hybridized carbons (Fsp3) is 0.789. The number of aromatic nitrogens is 1. The van der Waals surface area contributed by atoms with E-state index in [2.05, 4.69) is 60.1 Å². The molecule has 1 aromatic heterocycles. The minimum Gasteiger partial charge on any atom is -0.443 e. The van der Waals surface area contributed by atoms with Gasteiger partial charge in [-0.05, 0) is 32.2 Å². The second-order valence-corrected chi connectivity index (χ2v) is 8.04. The molecule has 0 spiro atoms. The van der Waals surface area contributed by atoms with Gasteiger partial charge in [0, 0.05) is 31.6 Å². The van der Waals surface area contributed by atoms with E-state index in [0.717, 1.165) is 37.3 Å². The van der Waals surface area contributed by atoms with Crippen LogP contribution in [0.4, 0.5) is 0 Å². The maximum atomic E-state index is 5.81. The number of likely N-dealkylation sites (tertiary alicyclic amines) is 1. The van der Waals surface area contributed by atoms with Gasteiger partial charge in [-0.25, -0.2) is 9.98 Å². The average Bonchev–Trinajstić information content (AvgIpc) is 3.02. The van der Waals surface area contributed by atoms with E-state index in [9.17, 15) is 0 Å². The van der Waals surface area contributed by atoms with Crippen molar-refractivity contribution >= 4 is 5.96 Å². The van der Waals surface area contributed by atoms with Crippen LogP contribution in [0.25, 0.3) is 0 Å². The van der Waals surface area contributed by atoms with Crippen LogP contribution < -0.4 is 10.6 Å². The highest BCUT2D eigenvalue weighted by atomic mass is 16.4. The molecule has 2 heterocycles. The first-order chi connectivity index (χ1) is 11.9. The van der Waals surface area contributed by atoms with E-state index in [1.165, 1.54) is 25.9 Å². The SMILES string of the molecule is CCNC(=NCc1ncc(C(C)(C)C)o1)NCCN1CCCC(C)C1. The zero-order valence-electron chi connectivity index (χ0n) is 16.6. The van der Waals surface area contributed by atoms with Crippen LogP contribution in [0.1, 0.15) is 59.1 Å². The predicted octanol–water partition coefficient (Wildman–Crippen LogP) is 2.76. The second kappa shape index (κ2) is 9.22. The number of guanidine groups is 1. The van der Waals surface area contributed by atoms with Crippen molar-refractivity contribution in [3.8, 4) is 0 Å². The number of nitrogens with one attached hydrogen (secondary N) is 2. The zero-order valence-corrected chi connectivity index (χ0v) is 16.6. The minimum atomic E-state index is -0.0245. The Morgan fingerprint density at radius 1 is 1.40 bits per heavy atom. The normalized spacial score (nSPS) is 19.9. The van der Waals surface area contributed by atoms with Gasteiger partial charge in [-0.2, -0.15) is 0 Å². The number of aliphatic imine (C=N–C) groups is 1. The van der Waals surface area contributed by atoms with Crippen LogP contribution in [0.3, 0.4) is 0 Å². The van der Waals surface area contributed by atoms with Crippen molar-refractivity contribution in [2.75, 3.05) is 32.7 Å². The van der Waals surface area contributed by atoms with Gasteiger partial charge in [-0.15, -0.1) is 0 Å². The number of hydrogen-bond acceptors (Lipinski definition) is 4. The predicted molar refractivity (Wildman–Crippen MR) is 103 cm³/mol. The summed E-state index contributed by atoms with van der Waals surface area (Å²) in [5.74, 6) is 3.20. The van der Waals surface area contributed by atoms with Crippen molar-refractivity contribution in [1.29, 1.82) is 0 Å². The summed E-state index contributed by atoms with van der Waals surface area (Å²) in [5, 5.41) is 6.71. The quantitative estimate of drug-likeness (QED) is 0.611. The van der Waals surface area contributed by atoms with Gasteiger partial charge in [0.15, 0.2) is 5.96 Å². The van der Waals surface area contributed by atoms with E-state index >= 15 is 0 Å². The van der Waals surface area contributed by atoms with Gasteiger partial charge < -0.3 is 20.0 Å². The first-order valence-electron chi connectivity index (χ1n) is 9.58. The molecule has 0 bridgehead atoms. The maximum absolute atomic E-state index is 5.81. The van der Waals surface area contributed by atoms with Gasteiger partial charge in [0.25, 0.3) is 0 Å². The molecule has 1 aromatic rings. The summed E-state index contributed by atoms with van der Waals surface area (Å²) in [6.45, 7) is 16.4. The van der Waals surface area contributed by atoms with Crippen molar-refractivity contribution in [2.45, 2.75) is 59.4 Å². The molecule has 25 heavy (non-hydrogen) atoms. The molecule has 0 amide bonds. The van der Waals surface area contributed by atoms with E-state index in [1.54, 1.807) is 0 Å². The Labute approximate surface area is 152 Å². The molecule has 6 nitrogen and oxygen atoms in total. The van der Waals surface area contributed by atoms with Crippen LogP contribution in [-0.4, -0.2) is 48.6 Å². The zero-order chi connectivity index (χ0) is 18.3. The third-order valence-corrected chi connectivity index (χ3v) is 4.47. The van der Waals surface area contributed by atoms with E-state index in [0.29, 0.717) is 12.4 Å². The molecule has 0 saturated carbocycles. The largest absolute Gasteiger partial charge is 0.443 e. The molecule has 1 aliphatic heterocycles. The molecule has 1 atom stereocenters. The molecule has 1 unspecified atom stereocenters. The van der Waals surface area contributed by atoms with Gasteiger partial charge in [0.1, 0.15) is 12.3 Å². The number of hydrogen-bond donors (Lipinski definition) is 2. The Morgan fingerprint density at radius 2 is 2.20 bits per heavy atom. The topological polar surface area (TPSA) is 65.7 Å². The lowest BCUT2D eigenvalue weighted by atomic mass is 9.94. The van der Waals surface area contributed by atoms with Crippen LogP contribution in [0.2, 0.25) is 0 Å². The third kappa shape index (κ3) is 6.69. The lowest BCUT2D eigenvalue weighted by Crippen LogP contribution is -2.43. The van der Waals surface area contributed by atoms with Gasteiger partial charge in [0.2, 0.25) is 5.89 Å². The van der Waals surface area contributed by atoms with Gasteiger partial charge in [0.05, 0.1) is 6.20 Å².